The molecule has 1 N–H and O–H groups in total. The van der Waals surface area contributed by atoms with Crippen LogP contribution >= 0.6 is 0 Å². The smallest absolute Gasteiger partial charge is 0.216 e. The van der Waals surface area contributed by atoms with E-state index in [1.54, 1.807) is 4.31 Å². The summed E-state index contributed by atoms with van der Waals surface area (Å²) < 4.78 is 26.3. The molecule has 0 bridgehead atoms. The van der Waals surface area contributed by atoms with Gasteiger partial charge < -0.3 is 4.98 Å². The molecule has 1 aliphatic heterocycles. The van der Waals surface area contributed by atoms with Crippen molar-refractivity contribution < 1.29 is 8.42 Å². The maximum atomic E-state index is 12.3. The first kappa shape index (κ1) is 13.3. The van der Waals surface area contributed by atoms with Crippen LogP contribution in [0, 0.1) is 0 Å². The lowest BCUT2D eigenvalue weighted by molar-refractivity contribution is 0.320. The van der Waals surface area contributed by atoms with Crippen molar-refractivity contribution in [1.82, 2.24) is 9.29 Å². The summed E-state index contributed by atoms with van der Waals surface area (Å²) in [4.78, 5) is 3.32. The predicted octanol–water partition coefficient (Wildman–Crippen LogP) is 2.84. The maximum absolute atomic E-state index is 12.3. The van der Waals surface area contributed by atoms with E-state index in [1.165, 1.54) is 16.5 Å². The van der Waals surface area contributed by atoms with Crippen LogP contribution in [0.4, 0.5) is 0 Å². The highest BCUT2D eigenvalue weighted by Crippen LogP contribution is 2.37. The molecular weight excluding hydrogens is 284 g/mol. The number of fused-ring (bicyclic) bond motifs is 1. The van der Waals surface area contributed by atoms with Gasteiger partial charge in [0.05, 0.1) is 5.25 Å². The van der Waals surface area contributed by atoms with Crippen LogP contribution in [-0.2, 0) is 10.0 Å². The van der Waals surface area contributed by atoms with E-state index >= 15 is 0 Å². The summed E-state index contributed by atoms with van der Waals surface area (Å²) in [5, 5.41) is 1.20. The van der Waals surface area contributed by atoms with Gasteiger partial charge in [0.1, 0.15) is 0 Å². The normalized spacial score (nSPS) is 21.9. The Morgan fingerprint density at radius 3 is 2.48 bits per heavy atom. The van der Waals surface area contributed by atoms with Crippen molar-refractivity contribution in [3.05, 3.63) is 36.0 Å². The van der Waals surface area contributed by atoms with E-state index in [9.17, 15) is 8.42 Å². The lowest BCUT2D eigenvalue weighted by atomic mass is 9.90. The SMILES string of the molecule is O=S(=O)(C1CC1)N1CCC(c2c[nH]c3ccccc23)CC1. The summed E-state index contributed by atoms with van der Waals surface area (Å²) in [6.45, 7) is 1.34. The van der Waals surface area contributed by atoms with Gasteiger partial charge in [-0.2, -0.15) is 0 Å². The third-order valence-electron chi connectivity index (χ3n) is 4.82. The first-order valence-electron chi connectivity index (χ1n) is 7.71. The molecule has 4 rings (SSSR count). The van der Waals surface area contributed by atoms with Crippen molar-refractivity contribution in [1.29, 1.82) is 0 Å². The summed E-state index contributed by atoms with van der Waals surface area (Å²) in [7, 11) is -3.00. The summed E-state index contributed by atoms with van der Waals surface area (Å²) >= 11 is 0. The van der Waals surface area contributed by atoms with Crippen molar-refractivity contribution in [3.63, 3.8) is 0 Å². The van der Waals surface area contributed by atoms with Crippen LogP contribution in [-0.4, -0.2) is 36.0 Å². The van der Waals surface area contributed by atoms with Crippen LogP contribution in [0.5, 0.6) is 0 Å². The largest absolute Gasteiger partial charge is 0.361 e. The van der Waals surface area contributed by atoms with Crippen molar-refractivity contribution in [2.75, 3.05) is 13.1 Å². The molecule has 0 unspecified atom stereocenters. The average Bonchev–Trinajstić information content (AvgIpc) is 3.28. The zero-order valence-electron chi connectivity index (χ0n) is 12.0. The van der Waals surface area contributed by atoms with Crippen LogP contribution in [0.1, 0.15) is 37.2 Å². The van der Waals surface area contributed by atoms with Gasteiger partial charge in [-0.05, 0) is 43.2 Å². The van der Waals surface area contributed by atoms with E-state index in [-0.39, 0.29) is 5.25 Å². The molecule has 1 saturated heterocycles. The van der Waals surface area contributed by atoms with Gasteiger partial charge in [-0.1, -0.05) is 18.2 Å². The number of para-hydroxylation sites is 1. The van der Waals surface area contributed by atoms with E-state index in [0.717, 1.165) is 25.7 Å². The molecule has 112 valence electrons. The molecule has 0 spiro atoms. The van der Waals surface area contributed by atoms with Crippen molar-refractivity contribution in [2.45, 2.75) is 36.9 Å². The Morgan fingerprint density at radius 2 is 1.76 bits per heavy atom. The number of nitrogens with one attached hydrogen (secondary N) is 1. The number of hydrogen-bond acceptors (Lipinski definition) is 2. The number of hydrogen-bond donors (Lipinski definition) is 1. The van der Waals surface area contributed by atoms with Gasteiger partial charge >= 0.3 is 0 Å². The zero-order chi connectivity index (χ0) is 14.4. The molecule has 1 saturated carbocycles. The minimum atomic E-state index is -3.00. The molecule has 0 radical (unpaired) electrons. The van der Waals surface area contributed by atoms with Gasteiger partial charge in [-0.25, -0.2) is 12.7 Å². The summed E-state index contributed by atoms with van der Waals surface area (Å²) in [5.41, 5.74) is 2.51. The third kappa shape index (κ3) is 2.28. The average molecular weight is 304 g/mol. The fourth-order valence-electron chi connectivity index (χ4n) is 3.43. The lowest BCUT2D eigenvalue weighted by Gasteiger charge is -2.31. The molecule has 2 fully saturated rings. The van der Waals surface area contributed by atoms with Crippen LogP contribution < -0.4 is 0 Å². The Balaban J connectivity index is 1.52. The minimum absolute atomic E-state index is 0.0814. The molecule has 5 heteroatoms. The number of rotatable bonds is 3. The van der Waals surface area contributed by atoms with E-state index in [4.69, 9.17) is 0 Å². The number of piperidine rings is 1. The van der Waals surface area contributed by atoms with Gasteiger partial charge in [-0.15, -0.1) is 0 Å². The minimum Gasteiger partial charge on any atom is -0.361 e. The van der Waals surface area contributed by atoms with E-state index in [0.29, 0.717) is 19.0 Å². The van der Waals surface area contributed by atoms with E-state index < -0.39 is 10.0 Å². The molecule has 1 aromatic heterocycles. The van der Waals surface area contributed by atoms with Crippen LogP contribution in [0.25, 0.3) is 10.9 Å². The van der Waals surface area contributed by atoms with Crippen LogP contribution in [0.2, 0.25) is 0 Å². The number of H-pyrrole nitrogens is 1. The van der Waals surface area contributed by atoms with Crippen molar-refractivity contribution in [2.24, 2.45) is 0 Å². The summed E-state index contributed by atoms with van der Waals surface area (Å²) in [5.74, 6) is 0.465. The number of aromatic nitrogens is 1. The molecule has 4 nitrogen and oxygen atoms in total. The van der Waals surface area contributed by atoms with Crippen molar-refractivity contribution >= 4 is 20.9 Å². The predicted molar refractivity (Wildman–Crippen MR) is 83.8 cm³/mol. The Morgan fingerprint density at radius 1 is 1.05 bits per heavy atom. The summed E-state index contributed by atoms with van der Waals surface area (Å²) in [6, 6.07) is 8.33. The highest BCUT2D eigenvalue weighted by atomic mass is 32.2. The molecule has 2 heterocycles. The highest BCUT2D eigenvalue weighted by Gasteiger charge is 2.41. The Kier molecular flexibility index (Phi) is 3.08. The second-order valence-corrected chi connectivity index (χ2v) is 8.42. The standard InChI is InChI=1S/C16H20N2O2S/c19-21(20,13-5-6-13)18-9-7-12(8-10-18)15-11-17-16-4-2-1-3-14(15)16/h1-4,11-13,17H,5-10H2. The second-order valence-electron chi connectivity index (χ2n) is 6.21. The molecule has 0 amide bonds. The third-order valence-corrected chi connectivity index (χ3v) is 7.22. The topological polar surface area (TPSA) is 53.2 Å². The fourth-order valence-corrected chi connectivity index (χ4v) is 5.30. The van der Waals surface area contributed by atoms with Gasteiger partial charge in [-0.3, -0.25) is 0 Å². The number of aromatic amines is 1. The highest BCUT2D eigenvalue weighted by molar-refractivity contribution is 7.90. The van der Waals surface area contributed by atoms with Crippen LogP contribution in [0.3, 0.4) is 0 Å². The monoisotopic (exact) mass is 304 g/mol. The van der Waals surface area contributed by atoms with Gasteiger partial charge in [0.15, 0.2) is 0 Å². The Hall–Kier alpha value is -1.33. The first-order valence-corrected chi connectivity index (χ1v) is 9.21. The molecular formula is C16H20N2O2S. The quantitative estimate of drug-likeness (QED) is 0.948. The zero-order valence-corrected chi connectivity index (χ0v) is 12.8. The molecule has 2 aliphatic rings. The van der Waals surface area contributed by atoms with Gasteiger partial charge in [0.2, 0.25) is 10.0 Å². The fraction of sp³-hybridized carbons (Fsp3) is 0.500. The molecule has 2 aromatic rings. The molecule has 1 aromatic carbocycles. The van der Waals surface area contributed by atoms with Crippen LogP contribution in [0.15, 0.2) is 30.5 Å². The van der Waals surface area contributed by atoms with E-state index in [1.807, 2.05) is 6.07 Å². The Labute approximate surface area is 125 Å². The number of sulfonamides is 1. The number of nitrogens with zero attached hydrogens (tertiary/aromatic N) is 1. The molecule has 1 aliphatic carbocycles. The van der Waals surface area contributed by atoms with E-state index in [2.05, 4.69) is 29.4 Å². The van der Waals surface area contributed by atoms with Gasteiger partial charge in [0, 0.05) is 30.2 Å². The Bertz CT molecular complexity index is 753. The summed E-state index contributed by atoms with van der Waals surface area (Å²) in [6.07, 6.45) is 5.65. The maximum Gasteiger partial charge on any atom is 0.216 e. The molecule has 0 atom stereocenters. The van der Waals surface area contributed by atoms with Gasteiger partial charge in [0.25, 0.3) is 0 Å². The second kappa shape index (κ2) is 4.85. The molecule has 21 heavy (non-hydrogen) atoms. The lowest BCUT2D eigenvalue weighted by Crippen LogP contribution is -2.39. The van der Waals surface area contributed by atoms with Crippen molar-refractivity contribution in [3.8, 4) is 0 Å². The first-order chi connectivity index (χ1) is 10.2. The number of benzene rings is 1.